The van der Waals surface area contributed by atoms with Gasteiger partial charge in [0.25, 0.3) is 0 Å². The van der Waals surface area contributed by atoms with Gasteiger partial charge in [0.1, 0.15) is 0 Å². The fourth-order valence-electron chi connectivity index (χ4n) is 7.14. The first-order valence-electron chi connectivity index (χ1n) is 16.7. The van der Waals surface area contributed by atoms with E-state index in [0.29, 0.717) is 24.0 Å². The van der Waals surface area contributed by atoms with Crippen LogP contribution in [0.2, 0.25) is 0 Å². The number of fused-ring (bicyclic) bond motifs is 6. The Hall–Kier alpha value is -6.86. The Kier molecular flexibility index (Phi) is 6.42. The number of hydrogen-bond acceptors (Lipinski definition) is 5. The van der Waals surface area contributed by atoms with Crippen molar-refractivity contribution in [1.82, 2.24) is 29.4 Å². The Morgan fingerprint density at radius 1 is 0.440 bits per heavy atom. The molecular weight excluding hydrogens is 615 g/mol. The molecule has 1 aliphatic rings. The van der Waals surface area contributed by atoms with Crippen molar-refractivity contribution in [3.63, 3.8) is 0 Å². The van der Waals surface area contributed by atoms with E-state index in [0.717, 1.165) is 44.9 Å². The second-order valence-electron chi connectivity index (χ2n) is 12.4. The highest BCUT2D eigenvalue weighted by molar-refractivity contribution is 6.21. The van der Waals surface area contributed by atoms with Crippen LogP contribution >= 0.6 is 0 Å². The van der Waals surface area contributed by atoms with Crippen LogP contribution < -0.4 is 5.32 Å². The molecule has 0 fully saturated rings. The van der Waals surface area contributed by atoms with Crippen molar-refractivity contribution in [3.8, 4) is 28.5 Å². The van der Waals surface area contributed by atoms with E-state index in [1.165, 1.54) is 27.1 Å². The summed E-state index contributed by atoms with van der Waals surface area (Å²) in [6.45, 7) is 0.506. The Balaban J connectivity index is 1.16. The van der Waals surface area contributed by atoms with Gasteiger partial charge in [-0.1, -0.05) is 115 Å². The molecule has 1 aliphatic heterocycles. The summed E-state index contributed by atoms with van der Waals surface area (Å²) in [5, 5.41) is 8.44. The SMILES string of the molecule is C1=C(c2nc(-c3ccccc3)nc(-c3ccccc3)n2)CNC(n2c3ccccc3c3cc4c5ccccc5n(-c5ccccc5)c4cc32)=N1. The van der Waals surface area contributed by atoms with Gasteiger partial charge in [-0.3, -0.25) is 4.57 Å². The van der Waals surface area contributed by atoms with Crippen molar-refractivity contribution in [3.05, 3.63) is 164 Å². The Bertz CT molecular complexity index is 2740. The van der Waals surface area contributed by atoms with Crippen LogP contribution in [0.5, 0.6) is 0 Å². The number of benzene rings is 6. The second kappa shape index (κ2) is 11.4. The van der Waals surface area contributed by atoms with Gasteiger partial charge in [-0.2, -0.15) is 0 Å². The summed E-state index contributed by atoms with van der Waals surface area (Å²) < 4.78 is 4.60. The van der Waals surface area contributed by atoms with E-state index in [9.17, 15) is 0 Å². The Morgan fingerprint density at radius 2 is 0.940 bits per heavy atom. The van der Waals surface area contributed by atoms with Crippen LogP contribution in [-0.4, -0.2) is 36.6 Å². The number of hydrogen-bond donors (Lipinski definition) is 1. The van der Waals surface area contributed by atoms with Crippen LogP contribution in [0.1, 0.15) is 5.82 Å². The Labute approximate surface area is 287 Å². The fourth-order valence-corrected chi connectivity index (χ4v) is 7.14. The maximum absolute atomic E-state index is 5.04. The monoisotopic (exact) mass is 643 g/mol. The van der Waals surface area contributed by atoms with E-state index < -0.39 is 0 Å². The molecule has 0 saturated carbocycles. The van der Waals surface area contributed by atoms with E-state index in [1.807, 2.05) is 66.9 Å². The van der Waals surface area contributed by atoms with Crippen molar-refractivity contribution in [2.24, 2.45) is 4.99 Å². The van der Waals surface area contributed by atoms with Crippen LogP contribution in [0.15, 0.2) is 163 Å². The normalized spacial score (nSPS) is 13.1. The van der Waals surface area contributed by atoms with E-state index in [4.69, 9.17) is 19.9 Å². The third kappa shape index (κ3) is 4.52. The number of aromatic nitrogens is 5. The topological polar surface area (TPSA) is 72.9 Å². The number of para-hydroxylation sites is 3. The van der Waals surface area contributed by atoms with Crippen molar-refractivity contribution in [2.75, 3.05) is 6.54 Å². The number of nitrogens with zero attached hydrogens (tertiary/aromatic N) is 6. The zero-order chi connectivity index (χ0) is 33.0. The average Bonchev–Trinajstić information content (AvgIpc) is 3.70. The van der Waals surface area contributed by atoms with Gasteiger partial charge in [-0.25, -0.2) is 19.9 Å². The van der Waals surface area contributed by atoms with Gasteiger partial charge in [-0.15, -0.1) is 0 Å². The minimum absolute atomic E-state index is 0.506. The minimum Gasteiger partial charge on any atom is -0.351 e. The summed E-state index contributed by atoms with van der Waals surface area (Å²) in [5.74, 6) is 2.61. The van der Waals surface area contributed by atoms with Crippen molar-refractivity contribution >= 4 is 55.1 Å². The number of rotatable bonds is 4. The van der Waals surface area contributed by atoms with Crippen molar-refractivity contribution in [2.45, 2.75) is 0 Å². The van der Waals surface area contributed by atoms with Gasteiger partial charge in [0.05, 0.1) is 22.1 Å². The predicted octanol–water partition coefficient (Wildman–Crippen LogP) is 9.26. The molecule has 1 N–H and O–H groups in total. The second-order valence-corrected chi connectivity index (χ2v) is 12.4. The van der Waals surface area contributed by atoms with Gasteiger partial charge in [0.15, 0.2) is 17.5 Å². The molecular formula is C43H29N7. The molecule has 0 unspecified atom stereocenters. The summed E-state index contributed by atoms with van der Waals surface area (Å²) in [5.41, 5.74) is 8.39. The van der Waals surface area contributed by atoms with Gasteiger partial charge in [0, 0.05) is 56.7 Å². The summed E-state index contributed by atoms with van der Waals surface area (Å²) >= 11 is 0. The third-order valence-corrected chi connectivity index (χ3v) is 9.46. The van der Waals surface area contributed by atoms with E-state index in [-0.39, 0.29) is 0 Å². The van der Waals surface area contributed by atoms with Crippen LogP contribution in [0.25, 0.3) is 77.6 Å². The van der Waals surface area contributed by atoms with Gasteiger partial charge in [-0.05, 0) is 36.4 Å². The highest BCUT2D eigenvalue weighted by Crippen LogP contribution is 2.38. The summed E-state index contributed by atoms with van der Waals surface area (Å²) in [7, 11) is 0. The third-order valence-electron chi connectivity index (χ3n) is 9.46. The molecule has 0 aliphatic carbocycles. The molecule has 7 heteroatoms. The molecule has 0 atom stereocenters. The molecule has 9 aromatic rings. The molecule has 4 heterocycles. The first-order valence-corrected chi connectivity index (χ1v) is 16.7. The average molecular weight is 644 g/mol. The zero-order valence-electron chi connectivity index (χ0n) is 26.9. The van der Waals surface area contributed by atoms with Gasteiger partial charge in [0.2, 0.25) is 5.96 Å². The Morgan fingerprint density at radius 3 is 1.52 bits per heavy atom. The molecule has 7 nitrogen and oxygen atoms in total. The summed E-state index contributed by atoms with van der Waals surface area (Å²) in [6, 6.07) is 52.5. The molecule has 0 amide bonds. The lowest BCUT2D eigenvalue weighted by molar-refractivity contribution is 0.938. The van der Waals surface area contributed by atoms with E-state index >= 15 is 0 Å². The van der Waals surface area contributed by atoms with Crippen molar-refractivity contribution in [1.29, 1.82) is 0 Å². The summed E-state index contributed by atoms with van der Waals surface area (Å²) in [6.07, 6.45) is 1.89. The summed E-state index contributed by atoms with van der Waals surface area (Å²) in [4.78, 5) is 19.7. The standard InChI is InChI=1S/C43H29N7/c1-4-14-28(15-5-1)40-46-41(29-16-6-2-7-17-29)48-42(47-40)30-26-44-43(45-27-30)50-37-23-13-11-21-33(37)35-24-34-32-20-10-12-22-36(32)49(38(34)25-39(35)50)31-18-8-3-9-19-31/h1-26H,27H2,(H,44,45). The van der Waals surface area contributed by atoms with Crippen LogP contribution in [-0.2, 0) is 0 Å². The maximum atomic E-state index is 5.04. The highest BCUT2D eigenvalue weighted by Gasteiger charge is 2.22. The van der Waals surface area contributed by atoms with Crippen LogP contribution in [0.3, 0.4) is 0 Å². The molecule has 0 saturated heterocycles. The number of aliphatic imine (C=N–C) groups is 1. The smallest absolute Gasteiger partial charge is 0.208 e. The first kappa shape index (κ1) is 28.2. The molecule has 3 aromatic heterocycles. The molecule has 6 aromatic carbocycles. The maximum Gasteiger partial charge on any atom is 0.208 e. The zero-order valence-corrected chi connectivity index (χ0v) is 26.9. The molecule has 50 heavy (non-hydrogen) atoms. The molecule has 0 bridgehead atoms. The molecule has 0 radical (unpaired) electrons. The quantitative estimate of drug-likeness (QED) is 0.208. The molecule has 236 valence electrons. The van der Waals surface area contributed by atoms with E-state index in [1.54, 1.807) is 0 Å². The lowest BCUT2D eigenvalue weighted by Crippen LogP contribution is -2.33. The predicted molar refractivity (Wildman–Crippen MR) is 203 cm³/mol. The lowest BCUT2D eigenvalue weighted by atomic mass is 10.1. The minimum atomic E-state index is 0.506. The van der Waals surface area contributed by atoms with E-state index in [2.05, 4.69) is 105 Å². The van der Waals surface area contributed by atoms with Gasteiger partial charge < -0.3 is 9.88 Å². The largest absolute Gasteiger partial charge is 0.351 e. The fraction of sp³-hybridized carbons (Fsp3) is 0.0233. The van der Waals surface area contributed by atoms with Crippen LogP contribution in [0, 0.1) is 0 Å². The van der Waals surface area contributed by atoms with Crippen LogP contribution in [0.4, 0.5) is 0 Å². The van der Waals surface area contributed by atoms with Crippen molar-refractivity contribution < 1.29 is 0 Å². The number of nitrogens with one attached hydrogen (secondary N) is 1. The lowest BCUT2D eigenvalue weighted by Gasteiger charge is -2.18. The van der Waals surface area contributed by atoms with Gasteiger partial charge >= 0.3 is 0 Å². The highest BCUT2D eigenvalue weighted by atomic mass is 15.2. The molecule has 10 rings (SSSR count). The molecule has 0 spiro atoms. The first-order chi connectivity index (χ1) is 24.8.